The van der Waals surface area contributed by atoms with E-state index in [0.717, 1.165) is 17.9 Å². The Morgan fingerprint density at radius 1 is 1.42 bits per heavy atom. The molecule has 0 fully saturated rings. The van der Waals surface area contributed by atoms with E-state index in [-0.39, 0.29) is 11.9 Å². The third kappa shape index (κ3) is 3.24. The summed E-state index contributed by atoms with van der Waals surface area (Å²) in [6, 6.07) is 7.58. The van der Waals surface area contributed by atoms with Gasteiger partial charge < -0.3 is 10.1 Å². The third-order valence-corrected chi connectivity index (χ3v) is 4.73. The SMILES string of the molecule is CC[C@@H](C)NC(=O)c1cnc2c(c(C)nn2-c2cccc(OC)c2)c1Cl. The van der Waals surface area contributed by atoms with E-state index in [9.17, 15) is 4.79 Å². The van der Waals surface area contributed by atoms with Crippen LogP contribution in [0.4, 0.5) is 0 Å². The lowest BCUT2D eigenvalue weighted by atomic mass is 10.1. The molecule has 136 valence electrons. The number of halogens is 1. The summed E-state index contributed by atoms with van der Waals surface area (Å²) < 4.78 is 6.98. The van der Waals surface area contributed by atoms with Crippen molar-refractivity contribution < 1.29 is 9.53 Å². The van der Waals surface area contributed by atoms with Gasteiger partial charge in [0.05, 0.1) is 34.5 Å². The summed E-state index contributed by atoms with van der Waals surface area (Å²) in [7, 11) is 1.61. The van der Waals surface area contributed by atoms with Crippen molar-refractivity contribution in [1.82, 2.24) is 20.1 Å². The van der Waals surface area contributed by atoms with Gasteiger partial charge in [0.2, 0.25) is 0 Å². The van der Waals surface area contributed by atoms with Gasteiger partial charge in [0.15, 0.2) is 5.65 Å². The Kier molecular flexibility index (Phi) is 5.13. The van der Waals surface area contributed by atoms with Crippen molar-refractivity contribution in [2.45, 2.75) is 33.2 Å². The molecule has 6 nitrogen and oxygen atoms in total. The van der Waals surface area contributed by atoms with E-state index in [4.69, 9.17) is 16.3 Å². The first kappa shape index (κ1) is 18.2. The molecule has 0 aliphatic rings. The first-order valence-corrected chi connectivity index (χ1v) is 8.83. The van der Waals surface area contributed by atoms with Gasteiger partial charge in [0, 0.05) is 18.3 Å². The average Bonchev–Trinajstić information content (AvgIpc) is 2.99. The number of amides is 1. The van der Waals surface area contributed by atoms with Crippen LogP contribution in [0.5, 0.6) is 5.75 Å². The molecular weight excluding hydrogens is 352 g/mol. The van der Waals surface area contributed by atoms with Crippen molar-refractivity contribution in [2.75, 3.05) is 7.11 Å². The number of hydrogen-bond donors (Lipinski definition) is 1. The topological polar surface area (TPSA) is 69.0 Å². The van der Waals surface area contributed by atoms with Gasteiger partial charge in [-0.15, -0.1) is 0 Å². The van der Waals surface area contributed by atoms with Gasteiger partial charge in [-0.2, -0.15) is 5.10 Å². The molecule has 0 aliphatic heterocycles. The predicted octanol–water partition coefficient (Wildman–Crippen LogP) is 3.92. The van der Waals surface area contributed by atoms with Gasteiger partial charge in [0.1, 0.15) is 5.75 Å². The second-order valence-corrected chi connectivity index (χ2v) is 6.54. The highest BCUT2D eigenvalue weighted by Crippen LogP contribution is 2.30. The molecule has 2 heterocycles. The Labute approximate surface area is 157 Å². The van der Waals surface area contributed by atoms with Crippen LogP contribution in [0.3, 0.4) is 0 Å². The standard InChI is InChI=1S/C19H21ClN4O2/c1-5-11(2)22-19(25)15-10-21-18-16(17(15)20)12(3)23-24(18)13-7-6-8-14(9-13)26-4/h6-11H,5H2,1-4H3,(H,22,25)/t11-/m1/s1. The molecule has 7 heteroatoms. The zero-order valence-corrected chi connectivity index (χ0v) is 16.0. The number of pyridine rings is 1. The Bertz CT molecular complexity index is 968. The molecule has 0 saturated carbocycles. The van der Waals surface area contributed by atoms with E-state index in [1.807, 2.05) is 45.0 Å². The Morgan fingerprint density at radius 3 is 2.88 bits per heavy atom. The minimum Gasteiger partial charge on any atom is -0.497 e. The van der Waals surface area contributed by atoms with E-state index in [2.05, 4.69) is 15.4 Å². The number of benzene rings is 1. The second-order valence-electron chi connectivity index (χ2n) is 6.17. The molecule has 3 aromatic rings. The molecule has 1 N–H and O–H groups in total. The maximum absolute atomic E-state index is 12.5. The zero-order valence-electron chi connectivity index (χ0n) is 15.2. The zero-order chi connectivity index (χ0) is 18.8. The van der Waals surface area contributed by atoms with Gasteiger partial charge in [-0.1, -0.05) is 24.6 Å². The smallest absolute Gasteiger partial charge is 0.254 e. The van der Waals surface area contributed by atoms with Crippen LogP contribution < -0.4 is 10.1 Å². The van der Waals surface area contributed by atoms with Crippen molar-refractivity contribution in [3.05, 3.63) is 46.7 Å². The number of aromatic nitrogens is 3. The number of nitrogens with zero attached hydrogens (tertiary/aromatic N) is 3. The van der Waals surface area contributed by atoms with Crippen LogP contribution in [0, 0.1) is 6.92 Å². The minimum atomic E-state index is -0.229. The fourth-order valence-corrected chi connectivity index (χ4v) is 3.05. The number of nitrogens with one attached hydrogen (secondary N) is 1. The molecule has 1 atom stereocenters. The van der Waals surface area contributed by atoms with Crippen molar-refractivity contribution in [3.8, 4) is 11.4 Å². The molecule has 0 radical (unpaired) electrons. The van der Waals surface area contributed by atoms with Crippen molar-refractivity contribution >= 4 is 28.5 Å². The van der Waals surface area contributed by atoms with Gasteiger partial charge in [-0.25, -0.2) is 9.67 Å². The summed E-state index contributed by atoms with van der Waals surface area (Å²) in [6.45, 7) is 5.81. The molecule has 2 aromatic heterocycles. The Balaban J connectivity index is 2.10. The highest BCUT2D eigenvalue weighted by atomic mass is 35.5. The van der Waals surface area contributed by atoms with Gasteiger partial charge >= 0.3 is 0 Å². The van der Waals surface area contributed by atoms with Crippen molar-refractivity contribution in [3.63, 3.8) is 0 Å². The Morgan fingerprint density at radius 2 is 2.19 bits per heavy atom. The molecule has 1 aromatic carbocycles. The molecular formula is C19H21ClN4O2. The lowest BCUT2D eigenvalue weighted by Gasteiger charge is -2.12. The summed E-state index contributed by atoms with van der Waals surface area (Å²) in [4.78, 5) is 16.9. The summed E-state index contributed by atoms with van der Waals surface area (Å²) in [5, 5.41) is 8.51. The van der Waals surface area contributed by atoms with Gasteiger partial charge in [0.25, 0.3) is 5.91 Å². The number of aryl methyl sites for hydroxylation is 1. The third-order valence-electron chi connectivity index (χ3n) is 4.34. The number of hydrogen-bond acceptors (Lipinski definition) is 4. The minimum absolute atomic E-state index is 0.0647. The fourth-order valence-electron chi connectivity index (χ4n) is 2.69. The van der Waals surface area contributed by atoms with E-state index >= 15 is 0 Å². The van der Waals surface area contributed by atoms with Crippen LogP contribution in [0.25, 0.3) is 16.7 Å². The van der Waals surface area contributed by atoms with E-state index in [0.29, 0.717) is 27.3 Å². The maximum atomic E-state index is 12.5. The molecule has 0 spiro atoms. The first-order valence-electron chi connectivity index (χ1n) is 8.45. The highest BCUT2D eigenvalue weighted by Gasteiger charge is 2.20. The van der Waals surface area contributed by atoms with E-state index < -0.39 is 0 Å². The number of methoxy groups -OCH3 is 1. The maximum Gasteiger partial charge on any atom is 0.254 e. The van der Waals surface area contributed by atoms with Crippen LogP contribution in [0.15, 0.2) is 30.5 Å². The summed E-state index contributed by atoms with van der Waals surface area (Å²) in [5.74, 6) is 0.492. The monoisotopic (exact) mass is 372 g/mol. The van der Waals surface area contributed by atoms with Crippen LogP contribution in [0.1, 0.15) is 36.3 Å². The lowest BCUT2D eigenvalue weighted by molar-refractivity contribution is 0.0939. The molecule has 3 rings (SSSR count). The summed E-state index contributed by atoms with van der Waals surface area (Å²) in [6.07, 6.45) is 2.34. The van der Waals surface area contributed by atoms with Gasteiger partial charge in [-0.3, -0.25) is 4.79 Å². The molecule has 0 aliphatic carbocycles. The predicted molar refractivity (Wildman–Crippen MR) is 102 cm³/mol. The molecule has 0 unspecified atom stereocenters. The van der Waals surface area contributed by atoms with Crippen LogP contribution in [0.2, 0.25) is 5.02 Å². The van der Waals surface area contributed by atoms with Crippen molar-refractivity contribution in [2.24, 2.45) is 0 Å². The number of ether oxygens (including phenoxy) is 1. The number of rotatable bonds is 5. The van der Waals surface area contributed by atoms with E-state index in [1.54, 1.807) is 11.8 Å². The van der Waals surface area contributed by atoms with E-state index in [1.165, 1.54) is 6.20 Å². The lowest BCUT2D eigenvalue weighted by Crippen LogP contribution is -2.32. The highest BCUT2D eigenvalue weighted by molar-refractivity contribution is 6.38. The molecule has 1 amide bonds. The molecule has 0 saturated heterocycles. The average molecular weight is 373 g/mol. The normalized spacial score (nSPS) is 12.2. The molecule has 0 bridgehead atoms. The largest absolute Gasteiger partial charge is 0.497 e. The summed E-state index contributed by atoms with van der Waals surface area (Å²) in [5.41, 5.74) is 2.47. The summed E-state index contributed by atoms with van der Waals surface area (Å²) >= 11 is 6.55. The number of carbonyl (C=O) groups is 1. The Hall–Kier alpha value is -2.60. The number of carbonyl (C=O) groups excluding carboxylic acids is 1. The van der Waals surface area contributed by atoms with Gasteiger partial charge in [-0.05, 0) is 32.4 Å². The second kappa shape index (κ2) is 7.33. The van der Waals surface area contributed by atoms with Crippen molar-refractivity contribution in [1.29, 1.82) is 0 Å². The molecule has 26 heavy (non-hydrogen) atoms. The quantitative estimate of drug-likeness (QED) is 0.737. The fraction of sp³-hybridized carbons (Fsp3) is 0.316. The van der Waals surface area contributed by atoms with Crippen LogP contribution >= 0.6 is 11.6 Å². The van der Waals surface area contributed by atoms with Crippen LogP contribution in [-0.4, -0.2) is 33.8 Å². The number of fused-ring (bicyclic) bond motifs is 1. The van der Waals surface area contributed by atoms with Crippen LogP contribution in [-0.2, 0) is 0 Å². The first-order chi connectivity index (χ1) is 12.5.